The predicted molar refractivity (Wildman–Crippen MR) is 145 cm³/mol. The van der Waals surface area contributed by atoms with Crippen molar-refractivity contribution in [2.45, 2.75) is 20.4 Å². The minimum Gasteiger partial charge on any atom is -0.462 e. The maximum Gasteiger partial charge on any atom is 0.339 e. The average Bonchev–Trinajstić information content (AvgIpc) is 2.92. The van der Waals surface area contributed by atoms with Crippen LogP contribution in [0.2, 0.25) is 0 Å². The van der Waals surface area contributed by atoms with Crippen LogP contribution >= 0.6 is 0 Å². The number of pyridine rings is 1. The van der Waals surface area contributed by atoms with Crippen molar-refractivity contribution >= 4 is 17.5 Å². The number of nitrogens with zero attached hydrogens (tertiary/aromatic N) is 1. The normalized spacial score (nSPS) is 10.1. The molecule has 0 saturated carbocycles. The van der Waals surface area contributed by atoms with Crippen LogP contribution in [0.4, 0.5) is 5.82 Å². The van der Waals surface area contributed by atoms with Crippen LogP contribution in [0.25, 0.3) is 0 Å². The van der Waals surface area contributed by atoms with Crippen molar-refractivity contribution in [2.24, 2.45) is 0 Å². The van der Waals surface area contributed by atoms with E-state index < -0.39 is 5.97 Å². The first kappa shape index (κ1) is 25.2. The number of hydrogen-bond acceptors (Lipinski definition) is 6. The third-order valence-corrected chi connectivity index (χ3v) is 5.36. The van der Waals surface area contributed by atoms with Gasteiger partial charge in [0.2, 0.25) is 0 Å². The number of para-hydroxylation sites is 1. The van der Waals surface area contributed by atoms with Crippen molar-refractivity contribution < 1.29 is 14.3 Å². The highest BCUT2D eigenvalue weighted by Gasteiger charge is 2.20. The summed E-state index contributed by atoms with van der Waals surface area (Å²) in [5, 5.41) is 11.6. The van der Waals surface area contributed by atoms with Crippen LogP contribution in [-0.4, -0.2) is 23.3 Å². The first-order valence-corrected chi connectivity index (χ1v) is 11.9. The molecule has 184 valence electrons. The van der Waals surface area contributed by atoms with Gasteiger partial charge < -0.3 is 20.2 Å². The van der Waals surface area contributed by atoms with Gasteiger partial charge in [-0.05, 0) is 67.8 Å². The van der Waals surface area contributed by atoms with Gasteiger partial charge in [0, 0.05) is 17.8 Å². The summed E-state index contributed by atoms with van der Waals surface area (Å²) in [6.07, 6.45) is 0. The molecule has 37 heavy (non-hydrogen) atoms. The smallest absolute Gasteiger partial charge is 0.339 e. The van der Waals surface area contributed by atoms with Gasteiger partial charge in [-0.15, -0.1) is 0 Å². The Balaban J connectivity index is 1.61. The van der Waals surface area contributed by atoms with Crippen molar-refractivity contribution in [3.05, 3.63) is 119 Å². The summed E-state index contributed by atoms with van der Waals surface area (Å²) < 4.78 is 11.1. The maximum absolute atomic E-state index is 12.8. The molecule has 2 N–H and O–H groups in total. The Morgan fingerprint density at radius 2 is 1.57 bits per heavy atom. The molecule has 0 saturated heterocycles. The van der Waals surface area contributed by atoms with Crippen LogP contribution in [0.1, 0.15) is 46.6 Å². The molecule has 6 heteroatoms. The second-order valence-corrected chi connectivity index (χ2v) is 8.15. The molecular formula is C31H27N3O3. The average molecular weight is 490 g/mol. The van der Waals surface area contributed by atoms with Crippen LogP contribution in [0.15, 0.2) is 91.0 Å². The van der Waals surface area contributed by atoms with E-state index in [4.69, 9.17) is 14.9 Å². The Morgan fingerprint density at radius 1 is 0.919 bits per heavy atom. The summed E-state index contributed by atoms with van der Waals surface area (Å²) in [5.41, 5.74) is 3.08. The highest BCUT2D eigenvalue weighted by Crippen LogP contribution is 2.24. The number of rotatable bonds is 8. The van der Waals surface area contributed by atoms with Crippen LogP contribution in [0.5, 0.6) is 11.5 Å². The number of hydrogen-bond donors (Lipinski definition) is 2. The number of aromatic nitrogens is 1. The second kappa shape index (κ2) is 12.2. The largest absolute Gasteiger partial charge is 0.462 e. The summed E-state index contributed by atoms with van der Waals surface area (Å²) in [4.78, 5) is 17.4. The summed E-state index contributed by atoms with van der Waals surface area (Å²) in [6.45, 7) is 4.02. The summed E-state index contributed by atoms with van der Waals surface area (Å²) in [7, 11) is 0. The molecule has 4 rings (SSSR count). The SMILES string of the molecule is CCOC(=O)c1cc(C#Cc2ccccc2)nc(NCc2ccc(Oc3ccccc3)cc2)c1C(C)=N. The van der Waals surface area contributed by atoms with Gasteiger partial charge in [0.15, 0.2) is 0 Å². The fourth-order valence-electron chi connectivity index (χ4n) is 3.63. The second-order valence-electron chi connectivity index (χ2n) is 8.15. The van der Waals surface area contributed by atoms with Gasteiger partial charge in [-0.25, -0.2) is 9.78 Å². The van der Waals surface area contributed by atoms with E-state index in [0.29, 0.717) is 23.6 Å². The van der Waals surface area contributed by atoms with E-state index in [1.165, 1.54) is 0 Å². The van der Waals surface area contributed by atoms with Gasteiger partial charge in [0.25, 0.3) is 0 Å². The number of anilines is 1. The highest BCUT2D eigenvalue weighted by atomic mass is 16.5. The van der Waals surface area contributed by atoms with Gasteiger partial charge in [-0.3, -0.25) is 0 Å². The minimum absolute atomic E-state index is 0.201. The number of benzene rings is 3. The zero-order chi connectivity index (χ0) is 26.0. The minimum atomic E-state index is -0.514. The van der Waals surface area contributed by atoms with E-state index in [0.717, 1.165) is 22.6 Å². The van der Waals surface area contributed by atoms with E-state index in [1.807, 2.05) is 84.9 Å². The lowest BCUT2D eigenvalue weighted by molar-refractivity contribution is 0.0526. The Morgan fingerprint density at radius 3 is 2.22 bits per heavy atom. The molecule has 0 radical (unpaired) electrons. The molecule has 0 atom stereocenters. The van der Waals surface area contributed by atoms with E-state index in [1.54, 1.807) is 19.9 Å². The standard InChI is InChI=1S/C31H27N3O3/c1-3-36-31(35)28-20-25(17-14-23-10-6-4-7-11-23)34-30(29(28)22(2)32)33-21-24-15-18-27(19-16-24)37-26-12-8-5-9-13-26/h4-13,15-16,18-20,32H,3,21H2,1-2H3,(H,33,34). The van der Waals surface area contributed by atoms with Gasteiger partial charge >= 0.3 is 5.97 Å². The molecule has 0 bridgehead atoms. The summed E-state index contributed by atoms with van der Waals surface area (Å²) in [6, 6.07) is 28.4. The molecule has 0 unspecified atom stereocenters. The first-order valence-electron chi connectivity index (χ1n) is 11.9. The van der Waals surface area contributed by atoms with Gasteiger partial charge in [-0.2, -0.15) is 0 Å². The van der Waals surface area contributed by atoms with Gasteiger partial charge in [-0.1, -0.05) is 54.5 Å². The third kappa shape index (κ3) is 6.83. The lowest BCUT2D eigenvalue weighted by Gasteiger charge is -2.15. The van der Waals surface area contributed by atoms with Crippen LogP contribution < -0.4 is 10.1 Å². The number of nitrogens with one attached hydrogen (secondary N) is 2. The number of carbonyl (C=O) groups is 1. The number of carbonyl (C=O) groups excluding carboxylic acids is 1. The van der Waals surface area contributed by atoms with Crippen molar-refractivity contribution in [1.82, 2.24) is 4.98 Å². The fourth-order valence-corrected chi connectivity index (χ4v) is 3.63. The maximum atomic E-state index is 12.8. The lowest BCUT2D eigenvalue weighted by atomic mass is 10.0. The van der Waals surface area contributed by atoms with Crippen molar-refractivity contribution in [2.75, 3.05) is 11.9 Å². The van der Waals surface area contributed by atoms with E-state index in [-0.39, 0.29) is 17.9 Å². The molecule has 0 aliphatic rings. The molecule has 0 aliphatic carbocycles. The molecule has 4 aromatic rings. The van der Waals surface area contributed by atoms with Crippen molar-refractivity contribution in [3.63, 3.8) is 0 Å². The van der Waals surface area contributed by atoms with E-state index >= 15 is 0 Å². The molecule has 1 aromatic heterocycles. The zero-order valence-corrected chi connectivity index (χ0v) is 20.7. The molecular weight excluding hydrogens is 462 g/mol. The molecule has 3 aromatic carbocycles. The van der Waals surface area contributed by atoms with Crippen molar-refractivity contribution in [1.29, 1.82) is 5.41 Å². The monoisotopic (exact) mass is 489 g/mol. The van der Waals surface area contributed by atoms with Crippen LogP contribution in [0, 0.1) is 17.3 Å². The van der Waals surface area contributed by atoms with E-state index in [2.05, 4.69) is 22.1 Å². The van der Waals surface area contributed by atoms with Crippen LogP contribution in [0.3, 0.4) is 0 Å². The number of esters is 1. The fraction of sp³-hybridized carbons (Fsp3) is 0.129. The Labute approximate surface area is 216 Å². The molecule has 1 heterocycles. The van der Waals surface area contributed by atoms with Gasteiger partial charge in [0.05, 0.1) is 17.7 Å². The predicted octanol–water partition coefficient (Wildman–Crippen LogP) is 6.45. The molecule has 0 amide bonds. The molecule has 0 aliphatic heterocycles. The Bertz CT molecular complexity index is 1440. The van der Waals surface area contributed by atoms with Gasteiger partial charge in [0.1, 0.15) is 23.0 Å². The van der Waals surface area contributed by atoms with E-state index in [9.17, 15) is 4.79 Å². The Kier molecular flexibility index (Phi) is 8.30. The molecule has 0 fully saturated rings. The summed E-state index contributed by atoms with van der Waals surface area (Å²) >= 11 is 0. The van der Waals surface area contributed by atoms with Crippen LogP contribution in [-0.2, 0) is 11.3 Å². The molecule has 0 spiro atoms. The number of ether oxygens (including phenoxy) is 2. The zero-order valence-electron chi connectivity index (χ0n) is 20.7. The topological polar surface area (TPSA) is 84.3 Å². The Hall–Kier alpha value is -4.89. The lowest BCUT2D eigenvalue weighted by Crippen LogP contribution is -2.16. The first-order chi connectivity index (χ1) is 18.0. The summed E-state index contributed by atoms with van der Waals surface area (Å²) in [5.74, 6) is 7.50. The van der Waals surface area contributed by atoms with Crippen molar-refractivity contribution in [3.8, 4) is 23.3 Å². The molecule has 6 nitrogen and oxygen atoms in total. The highest BCUT2D eigenvalue weighted by molar-refractivity contribution is 6.10. The third-order valence-electron chi connectivity index (χ3n) is 5.36. The quantitative estimate of drug-likeness (QED) is 0.169.